The molecule has 0 spiro atoms. The number of nitrogen functional groups attached to an aromatic ring is 1. The molecule has 1 atom stereocenters. The minimum absolute atomic E-state index is 0.0924. The number of hydrogen-bond donors (Lipinski definition) is 3. The molecule has 4 N–H and O–H groups in total. The molecular weight excluding hydrogens is 208 g/mol. The Morgan fingerprint density at radius 3 is 2.80 bits per heavy atom. The number of amidine groups is 1. The lowest BCUT2D eigenvalue weighted by molar-refractivity contribution is 0.250. The van der Waals surface area contributed by atoms with Crippen LogP contribution in [-0.4, -0.2) is 23.3 Å². The van der Waals surface area contributed by atoms with E-state index in [0.717, 1.165) is 16.2 Å². The van der Waals surface area contributed by atoms with Crippen molar-refractivity contribution in [1.29, 1.82) is 5.41 Å². The monoisotopic (exact) mass is 224 g/mol. The van der Waals surface area contributed by atoms with Gasteiger partial charge in [-0.25, -0.2) is 0 Å². The van der Waals surface area contributed by atoms with Gasteiger partial charge in [-0.05, 0) is 12.0 Å². The summed E-state index contributed by atoms with van der Waals surface area (Å²) >= 11 is 1.63. The van der Waals surface area contributed by atoms with Crippen molar-refractivity contribution >= 4 is 17.6 Å². The summed E-state index contributed by atoms with van der Waals surface area (Å²) in [5, 5.41) is 16.3. The fourth-order valence-electron chi connectivity index (χ4n) is 1.10. The van der Waals surface area contributed by atoms with E-state index in [9.17, 15) is 0 Å². The van der Waals surface area contributed by atoms with E-state index in [2.05, 4.69) is 0 Å². The minimum atomic E-state index is 0.0924. The number of nitrogens with two attached hydrogens (primary N) is 1. The van der Waals surface area contributed by atoms with Crippen molar-refractivity contribution in [1.82, 2.24) is 0 Å². The zero-order valence-electron chi connectivity index (χ0n) is 8.73. The highest BCUT2D eigenvalue weighted by Crippen LogP contribution is 2.24. The molecule has 0 amide bonds. The molecule has 0 aliphatic heterocycles. The Kier molecular flexibility index (Phi) is 4.65. The number of nitrogens with one attached hydrogen (secondary N) is 1. The van der Waals surface area contributed by atoms with E-state index in [1.165, 1.54) is 0 Å². The third-order valence-corrected chi connectivity index (χ3v) is 3.41. The topological polar surface area (TPSA) is 70.1 Å². The predicted octanol–water partition coefficient (Wildman–Crippen LogP) is 1.69. The van der Waals surface area contributed by atoms with Gasteiger partial charge in [-0.1, -0.05) is 25.1 Å². The van der Waals surface area contributed by atoms with Crippen LogP contribution in [0.25, 0.3) is 0 Å². The quantitative estimate of drug-likeness (QED) is 0.405. The Bertz CT molecular complexity index is 341. The number of aliphatic hydroxyl groups excluding tert-OH is 1. The van der Waals surface area contributed by atoms with Gasteiger partial charge in [-0.2, -0.15) is 0 Å². The molecule has 0 aliphatic carbocycles. The van der Waals surface area contributed by atoms with Gasteiger partial charge in [-0.3, -0.25) is 5.41 Å². The third-order valence-electron chi connectivity index (χ3n) is 2.01. The van der Waals surface area contributed by atoms with Crippen LogP contribution in [0.1, 0.15) is 12.5 Å². The third kappa shape index (κ3) is 3.57. The van der Waals surface area contributed by atoms with Crippen LogP contribution >= 0.6 is 11.8 Å². The van der Waals surface area contributed by atoms with E-state index >= 15 is 0 Å². The van der Waals surface area contributed by atoms with E-state index in [1.807, 2.05) is 31.2 Å². The lowest BCUT2D eigenvalue weighted by Gasteiger charge is -2.10. The fourth-order valence-corrected chi connectivity index (χ4v) is 2.18. The average molecular weight is 224 g/mol. The van der Waals surface area contributed by atoms with Gasteiger partial charge >= 0.3 is 0 Å². The molecule has 1 unspecified atom stereocenters. The molecule has 0 fully saturated rings. The number of benzene rings is 1. The number of aliphatic hydroxyl groups is 1. The first-order chi connectivity index (χ1) is 7.15. The lowest BCUT2D eigenvalue weighted by Crippen LogP contribution is -2.12. The van der Waals surface area contributed by atoms with E-state index in [1.54, 1.807) is 11.8 Å². The second-order valence-electron chi connectivity index (χ2n) is 3.51. The van der Waals surface area contributed by atoms with Crippen LogP contribution in [0.3, 0.4) is 0 Å². The van der Waals surface area contributed by atoms with Crippen molar-refractivity contribution in [2.75, 3.05) is 12.4 Å². The van der Waals surface area contributed by atoms with Crippen molar-refractivity contribution in [2.24, 2.45) is 11.7 Å². The first kappa shape index (κ1) is 12.1. The summed E-state index contributed by atoms with van der Waals surface area (Å²) in [4.78, 5) is 1.00. The summed E-state index contributed by atoms with van der Waals surface area (Å²) in [5.41, 5.74) is 6.24. The largest absolute Gasteiger partial charge is 0.396 e. The molecular formula is C11H16N2OS. The molecule has 3 nitrogen and oxygen atoms in total. The first-order valence-electron chi connectivity index (χ1n) is 4.82. The van der Waals surface area contributed by atoms with Crippen LogP contribution in [0.4, 0.5) is 0 Å². The van der Waals surface area contributed by atoms with Crippen molar-refractivity contribution < 1.29 is 5.11 Å². The van der Waals surface area contributed by atoms with Crippen LogP contribution < -0.4 is 5.73 Å². The smallest absolute Gasteiger partial charge is 0.123 e. The van der Waals surface area contributed by atoms with Crippen molar-refractivity contribution in [3.63, 3.8) is 0 Å². The van der Waals surface area contributed by atoms with E-state index in [0.29, 0.717) is 0 Å². The maximum atomic E-state index is 8.91. The summed E-state index contributed by atoms with van der Waals surface area (Å²) in [6, 6.07) is 7.59. The van der Waals surface area contributed by atoms with Gasteiger partial charge in [0.15, 0.2) is 0 Å². The standard InChI is InChI=1S/C11H16N2OS/c1-8(6-14)7-15-10-5-3-2-4-9(10)11(12)13/h2-5,8,14H,6-7H2,1H3,(H3,12,13). The molecule has 0 saturated carbocycles. The van der Waals surface area contributed by atoms with Gasteiger partial charge in [0, 0.05) is 22.8 Å². The van der Waals surface area contributed by atoms with Crippen molar-refractivity contribution in [3.8, 4) is 0 Å². The van der Waals surface area contributed by atoms with Gasteiger partial charge in [0.1, 0.15) is 5.84 Å². The van der Waals surface area contributed by atoms with Gasteiger partial charge < -0.3 is 10.8 Å². The summed E-state index contributed by atoms with van der Waals surface area (Å²) in [7, 11) is 0. The van der Waals surface area contributed by atoms with Gasteiger partial charge in [-0.15, -0.1) is 11.8 Å². The highest BCUT2D eigenvalue weighted by molar-refractivity contribution is 7.99. The Hall–Kier alpha value is -1.00. The summed E-state index contributed by atoms with van der Waals surface area (Å²) < 4.78 is 0. The molecule has 4 heteroatoms. The summed E-state index contributed by atoms with van der Waals surface area (Å²) in [6.45, 7) is 2.18. The molecule has 1 rings (SSSR count). The number of hydrogen-bond acceptors (Lipinski definition) is 3. The maximum absolute atomic E-state index is 8.91. The molecule has 0 bridgehead atoms. The molecule has 0 radical (unpaired) electrons. The zero-order chi connectivity index (χ0) is 11.3. The van der Waals surface area contributed by atoms with Crippen LogP contribution in [0.15, 0.2) is 29.2 Å². The van der Waals surface area contributed by atoms with Crippen LogP contribution in [0.5, 0.6) is 0 Å². The maximum Gasteiger partial charge on any atom is 0.123 e. The molecule has 0 saturated heterocycles. The van der Waals surface area contributed by atoms with Gasteiger partial charge in [0.25, 0.3) is 0 Å². The van der Waals surface area contributed by atoms with Crippen LogP contribution in [0, 0.1) is 11.3 Å². The molecule has 1 aromatic rings. The zero-order valence-corrected chi connectivity index (χ0v) is 9.55. The van der Waals surface area contributed by atoms with E-state index in [-0.39, 0.29) is 18.4 Å². The molecule has 0 aliphatic rings. The SMILES string of the molecule is CC(CO)CSc1ccccc1C(=N)N. The fraction of sp³-hybridized carbons (Fsp3) is 0.364. The second-order valence-corrected chi connectivity index (χ2v) is 4.57. The number of rotatable bonds is 5. The second kappa shape index (κ2) is 5.78. The van der Waals surface area contributed by atoms with E-state index in [4.69, 9.17) is 16.2 Å². The molecule has 1 aromatic carbocycles. The van der Waals surface area contributed by atoms with Crippen LogP contribution in [-0.2, 0) is 0 Å². The number of thioether (sulfide) groups is 1. The highest BCUT2D eigenvalue weighted by atomic mass is 32.2. The van der Waals surface area contributed by atoms with E-state index < -0.39 is 0 Å². The Morgan fingerprint density at radius 2 is 2.20 bits per heavy atom. The normalized spacial score (nSPS) is 12.4. The Morgan fingerprint density at radius 1 is 1.53 bits per heavy atom. The van der Waals surface area contributed by atoms with Crippen molar-refractivity contribution in [3.05, 3.63) is 29.8 Å². The van der Waals surface area contributed by atoms with Gasteiger partial charge in [0.05, 0.1) is 0 Å². The lowest BCUT2D eigenvalue weighted by atomic mass is 10.2. The van der Waals surface area contributed by atoms with Crippen LogP contribution in [0.2, 0.25) is 0 Å². The first-order valence-corrected chi connectivity index (χ1v) is 5.80. The molecule has 0 heterocycles. The highest BCUT2D eigenvalue weighted by Gasteiger charge is 2.07. The summed E-state index contributed by atoms with van der Waals surface area (Å²) in [6.07, 6.45) is 0. The predicted molar refractivity (Wildman–Crippen MR) is 64.4 cm³/mol. The molecule has 82 valence electrons. The Balaban J connectivity index is 2.72. The average Bonchev–Trinajstić information content (AvgIpc) is 2.26. The minimum Gasteiger partial charge on any atom is -0.396 e. The van der Waals surface area contributed by atoms with Crippen molar-refractivity contribution in [2.45, 2.75) is 11.8 Å². The molecule has 0 aromatic heterocycles. The van der Waals surface area contributed by atoms with Gasteiger partial charge in [0.2, 0.25) is 0 Å². The Labute approximate surface area is 94.2 Å². The summed E-state index contributed by atoms with van der Waals surface area (Å²) in [5.74, 6) is 1.19. The molecule has 15 heavy (non-hydrogen) atoms.